The quantitative estimate of drug-likeness (QED) is 0.629. The zero-order valence-electron chi connectivity index (χ0n) is 15.8. The molecule has 0 amide bonds. The SMILES string of the molecule is O=S(=O)(c1ccc(NN(c2ccccc2)c2ccccc2)nc1)N1CCOCC1. The van der Waals surface area contributed by atoms with Crippen LogP contribution < -0.4 is 10.4 Å². The number of hydrazine groups is 1. The highest BCUT2D eigenvalue weighted by molar-refractivity contribution is 7.89. The van der Waals surface area contributed by atoms with Crippen molar-refractivity contribution in [3.63, 3.8) is 0 Å². The van der Waals surface area contributed by atoms with E-state index in [2.05, 4.69) is 10.4 Å². The Morgan fingerprint density at radius 2 is 1.45 bits per heavy atom. The number of benzene rings is 2. The lowest BCUT2D eigenvalue weighted by molar-refractivity contribution is 0.0730. The van der Waals surface area contributed by atoms with E-state index < -0.39 is 10.0 Å². The molecule has 4 rings (SSSR count). The summed E-state index contributed by atoms with van der Waals surface area (Å²) in [4.78, 5) is 4.52. The van der Waals surface area contributed by atoms with Gasteiger partial charge in [-0.3, -0.25) is 10.4 Å². The minimum atomic E-state index is -3.56. The number of nitrogens with one attached hydrogen (secondary N) is 1. The minimum absolute atomic E-state index is 0.177. The number of ether oxygens (including phenoxy) is 1. The smallest absolute Gasteiger partial charge is 0.244 e. The summed E-state index contributed by atoms with van der Waals surface area (Å²) in [5, 5.41) is 1.90. The fourth-order valence-electron chi connectivity index (χ4n) is 3.08. The standard InChI is InChI=1S/C21H22N4O3S/c26-29(27,24-13-15-28-16-14-24)20-11-12-21(22-17-20)23-25(18-7-3-1-4-8-18)19-9-5-2-6-10-19/h1-12,17H,13-16H2,(H,22,23). The van der Waals surface area contributed by atoms with Crippen LogP contribution in [0.15, 0.2) is 83.9 Å². The Hall–Kier alpha value is -2.94. The first kappa shape index (κ1) is 19.4. The van der Waals surface area contributed by atoms with E-state index in [4.69, 9.17) is 4.74 Å². The summed E-state index contributed by atoms with van der Waals surface area (Å²) in [5.41, 5.74) is 5.13. The van der Waals surface area contributed by atoms with Gasteiger partial charge >= 0.3 is 0 Å². The molecule has 2 heterocycles. The zero-order chi connectivity index (χ0) is 20.1. The maximum Gasteiger partial charge on any atom is 0.244 e. The molecule has 0 saturated carbocycles. The first-order chi connectivity index (χ1) is 14.1. The second-order valence-electron chi connectivity index (χ2n) is 6.51. The van der Waals surface area contributed by atoms with E-state index in [-0.39, 0.29) is 4.90 Å². The van der Waals surface area contributed by atoms with E-state index >= 15 is 0 Å². The summed E-state index contributed by atoms with van der Waals surface area (Å²) in [5.74, 6) is 0.540. The van der Waals surface area contributed by atoms with E-state index in [1.165, 1.54) is 10.5 Å². The average molecular weight is 410 g/mol. The molecule has 2 aromatic carbocycles. The number of anilines is 3. The van der Waals surface area contributed by atoms with Crippen LogP contribution in [0.2, 0.25) is 0 Å². The monoisotopic (exact) mass is 410 g/mol. The van der Waals surface area contributed by atoms with Gasteiger partial charge in [-0.2, -0.15) is 4.31 Å². The predicted octanol–water partition coefficient (Wildman–Crippen LogP) is 3.27. The second-order valence-corrected chi connectivity index (χ2v) is 8.45. The predicted molar refractivity (Wildman–Crippen MR) is 112 cm³/mol. The van der Waals surface area contributed by atoms with Crippen molar-refractivity contribution in [2.75, 3.05) is 36.7 Å². The van der Waals surface area contributed by atoms with Crippen LogP contribution in [0.25, 0.3) is 0 Å². The number of hydrogen-bond donors (Lipinski definition) is 1. The van der Waals surface area contributed by atoms with Gasteiger partial charge < -0.3 is 4.74 Å². The Balaban J connectivity index is 1.58. The fraction of sp³-hybridized carbons (Fsp3) is 0.190. The molecule has 0 aliphatic carbocycles. The fourth-order valence-corrected chi connectivity index (χ4v) is 4.44. The van der Waals surface area contributed by atoms with Crippen molar-refractivity contribution in [2.24, 2.45) is 0 Å². The van der Waals surface area contributed by atoms with Crippen LogP contribution in [0.1, 0.15) is 0 Å². The maximum absolute atomic E-state index is 12.8. The largest absolute Gasteiger partial charge is 0.379 e. The number of rotatable bonds is 6. The van der Waals surface area contributed by atoms with Gasteiger partial charge in [0.25, 0.3) is 0 Å². The molecule has 1 aliphatic rings. The molecule has 0 atom stereocenters. The molecular formula is C21H22N4O3S. The van der Waals surface area contributed by atoms with Crippen molar-refractivity contribution in [3.8, 4) is 0 Å². The van der Waals surface area contributed by atoms with Crippen LogP contribution in [0.4, 0.5) is 17.2 Å². The molecule has 7 nitrogen and oxygen atoms in total. The van der Waals surface area contributed by atoms with E-state index in [1.54, 1.807) is 12.1 Å². The second kappa shape index (κ2) is 8.60. The summed E-state index contributed by atoms with van der Waals surface area (Å²) >= 11 is 0. The molecule has 3 aromatic rings. The van der Waals surface area contributed by atoms with Crippen molar-refractivity contribution in [1.29, 1.82) is 0 Å². The number of pyridine rings is 1. The molecule has 0 bridgehead atoms. The third-order valence-electron chi connectivity index (χ3n) is 4.60. The van der Waals surface area contributed by atoms with Gasteiger partial charge in [0.05, 0.1) is 24.6 Å². The van der Waals surface area contributed by atoms with Crippen molar-refractivity contribution in [2.45, 2.75) is 4.90 Å². The highest BCUT2D eigenvalue weighted by atomic mass is 32.2. The number of nitrogens with zero attached hydrogens (tertiary/aromatic N) is 3. The number of aromatic nitrogens is 1. The van der Waals surface area contributed by atoms with Crippen molar-refractivity contribution in [3.05, 3.63) is 79.0 Å². The normalized spacial score (nSPS) is 15.0. The molecule has 0 spiro atoms. The third-order valence-corrected chi connectivity index (χ3v) is 6.48. The topological polar surface area (TPSA) is 74.8 Å². The Labute approximate surface area is 170 Å². The van der Waals surface area contributed by atoms with Gasteiger partial charge in [-0.1, -0.05) is 36.4 Å². The minimum Gasteiger partial charge on any atom is -0.379 e. The molecular weight excluding hydrogens is 388 g/mol. The Bertz CT molecular complexity index is 983. The van der Waals surface area contributed by atoms with Gasteiger partial charge in [0.15, 0.2) is 0 Å². The molecule has 1 aromatic heterocycles. The van der Waals surface area contributed by atoms with Crippen LogP contribution in [-0.4, -0.2) is 44.0 Å². The summed E-state index contributed by atoms with van der Waals surface area (Å²) in [6, 6.07) is 22.9. The molecule has 1 fully saturated rings. The van der Waals surface area contributed by atoms with E-state index in [0.29, 0.717) is 32.1 Å². The molecule has 8 heteroatoms. The van der Waals surface area contributed by atoms with E-state index in [1.807, 2.05) is 65.7 Å². The van der Waals surface area contributed by atoms with Crippen LogP contribution in [0.3, 0.4) is 0 Å². The van der Waals surface area contributed by atoms with Crippen LogP contribution in [0.5, 0.6) is 0 Å². The van der Waals surface area contributed by atoms with Crippen molar-refractivity contribution < 1.29 is 13.2 Å². The number of sulfonamides is 1. The molecule has 29 heavy (non-hydrogen) atoms. The lowest BCUT2D eigenvalue weighted by Crippen LogP contribution is -2.40. The highest BCUT2D eigenvalue weighted by Crippen LogP contribution is 2.26. The van der Waals surface area contributed by atoms with Gasteiger partial charge in [0.2, 0.25) is 10.0 Å². The lowest BCUT2D eigenvalue weighted by atomic mass is 10.2. The van der Waals surface area contributed by atoms with Gasteiger partial charge in [0.1, 0.15) is 10.7 Å². The van der Waals surface area contributed by atoms with Gasteiger partial charge in [-0.05, 0) is 36.4 Å². The Kier molecular flexibility index (Phi) is 5.75. The summed E-state index contributed by atoms with van der Waals surface area (Å²) in [7, 11) is -3.56. The number of morpholine rings is 1. The molecule has 150 valence electrons. The van der Waals surface area contributed by atoms with Crippen molar-refractivity contribution in [1.82, 2.24) is 9.29 Å². The van der Waals surface area contributed by atoms with Crippen molar-refractivity contribution >= 4 is 27.2 Å². The van der Waals surface area contributed by atoms with E-state index in [0.717, 1.165) is 11.4 Å². The van der Waals surface area contributed by atoms with Crippen LogP contribution in [-0.2, 0) is 14.8 Å². The Morgan fingerprint density at radius 3 is 1.97 bits per heavy atom. The Morgan fingerprint density at radius 1 is 0.862 bits per heavy atom. The van der Waals surface area contributed by atoms with Gasteiger partial charge in [-0.15, -0.1) is 0 Å². The lowest BCUT2D eigenvalue weighted by Gasteiger charge is -2.27. The zero-order valence-corrected chi connectivity index (χ0v) is 16.6. The molecule has 1 N–H and O–H groups in total. The van der Waals surface area contributed by atoms with Crippen LogP contribution in [0, 0.1) is 0 Å². The highest BCUT2D eigenvalue weighted by Gasteiger charge is 2.26. The van der Waals surface area contributed by atoms with Crippen LogP contribution >= 0.6 is 0 Å². The first-order valence-electron chi connectivity index (χ1n) is 9.35. The first-order valence-corrected chi connectivity index (χ1v) is 10.8. The maximum atomic E-state index is 12.8. The molecule has 1 saturated heterocycles. The van der Waals surface area contributed by atoms with E-state index in [9.17, 15) is 8.42 Å². The molecule has 1 aliphatic heterocycles. The number of para-hydroxylation sites is 2. The summed E-state index contributed by atoms with van der Waals surface area (Å²) in [6.45, 7) is 1.54. The molecule has 0 radical (unpaired) electrons. The summed E-state index contributed by atoms with van der Waals surface area (Å²) in [6.07, 6.45) is 1.39. The van der Waals surface area contributed by atoms with Gasteiger partial charge in [-0.25, -0.2) is 13.4 Å². The van der Waals surface area contributed by atoms with Gasteiger partial charge in [0, 0.05) is 19.3 Å². The number of hydrogen-bond acceptors (Lipinski definition) is 6. The third kappa shape index (κ3) is 4.40. The summed E-state index contributed by atoms with van der Waals surface area (Å²) < 4.78 is 32.2. The average Bonchev–Trinajstić information content (AvgIpc) is 2.79. The molecule has 0 unspecified atom stereocenters.